The maximum atomic E-state index is 13.5. The number of halogens is 1. The number of hydrogen-bond donors (Lipinski definition) is 1. The molecule has 8 heteroatoms. The van der Waals surface area contributed by atoms with E-state index in [2.05, 4.69) is 19.9 Å². The summed E-state index contributed by atoms with van der Waals surface area (Å²) in [5.74, 6) is -0.500. The van der Waals surface area contributed by atoms with Gasteiger partial charge in [0, 0.05) is 18.2 Å². The molecule has 1 aromatic carbocycles. The molecule has 2 aromatic heterocycles. The molecule has 3 aromatic rings. The van der Waals surface area contributed by atoms with Gasteiger partial charge >= 0.3 is 11.8 Å². The Bertz CT molecular complexity index is 890. The van der Waals surface area contributed by atoms with Gasteiger partial charge in [-0.1, -0.05) is 18.6 Å². The number of rotatable bonds is 5. The zero-order valence-electron chi connectivity index (χ0n) is 13.2. The van der Waals surface area contributed by atoms with Crippen LogP contribution >= 0.6 is 11.5 Å². The minimum absolute atomic E-state index is 0.0860. The Labute approximate surface area is 147 Å². The van der Waals surface area contributed by atoms with Crippen molar-refractivity contribution in [1.82, 2.24) is 19.9 Å². The summed E-state index contributed by atoms with van der Waals surface area (Å²) < 4.78 is 22.9. The number of carbonyl (C=O) groups is 1. The monoisotopic (exact) mass is 358 g/mol. The molecule has 0 unspecified atom stereocenters. The fourth-order valence-corrected chi connectivity index (χ4v) is 3.57. The third-order valence-corrected chi connectivity index (χ3v) is 5.34. The van der Waals surface area contributed by atoms with E-state index in [9.17, 15) is 9.18 Å². The number of carbonyl (C=O) groups excluding carboxylic acids is 1. The van der Waals surface area contributed by atoms with Crippen LogP contribution in [0.2, 0.25) is 0 Å². The average molecular weight is 358 g/mol. The van der Waals surface area contributed by atoms with E-state index in [0.717, 1.165) is 24.8 Å². The molecule has 25 heavy (non-hydrogen) atoms. The molecule has 0 radical (unpaired) electrons. The third-order valence-electron chi connectivity index (χ3n) is 4.60. The molecule has 0 atom stereocenters. The second-order valence-electron chi connectivity index (χ2n) is 6.12. The van der Waals surface area contributed by atoms with Gasteiger partial charge in [0.15, 0.2) is 0 Å². The minimum Gasteiger partial charge on any atom is -0.411 e. The summed E-state index contributed by atoms with van der Waals surface area (Å²) in [6.45, 7) is 0.410. The Morgan fingerprint density at radius 1 is 1.32 bits per heavy atom. The fourth-order valence-electron chi connectivity index (χ4n) is 3.06. The fraction of sp³-hybridized carbons (Fsp3) is 0.294. The summed E-state index contributed by atoms with van der Waals surface area (Å²) in [4.78, 5) is 13.0. The third kappa shape index (κ3) is 3.05. The topological polar surface area (TPSA) is 80.9 Å². The van der Waals surface area contributed by atoms with E-state index in [-0.39, 0.29) is 23.0 Å². The Hall–Kier alpha value is -2.61. The van der Waals surface area contributed by atoms with E-state index < -0.39 is 5.91 Å². The van der Waals surface area contributed by atoms with E-state index in [1.54, 1.807) is 24.4 Å². The number of hydrogen-bond acceptors (Lipinski definition) is 6. The first kappa shape index (κ1) is 15.9. The Morgan fingerprint density at radius 3 is 2.88 bits per heavy atom. The number of nitrogens with zero attached hydrogens (tertiary/aromatic N) is 3. The Morgan fingerprint density at radius 2 is 2.20 bits per heavy atom. The largest absolute Gasteiger partial charge is 0.411 e. The first-order valence-corrected chi connectivity index (χ1v) is 8.72. The molecule has 1 amide bonds. The van der Waals surface area contributed by atoms with Gasteiger partial charge in [0.2, 0.25) is 0 Å². The quantitative estimate of drug-likeness (QED) is 0.758. The summed E-state index contributed by atoms with van der Waals surface area (Å²) in [6.07, 6.45) is 4.51. The first-order chi connectivity index (χ1) is 12.2. The zero-order valence-corrected chi connectivity index (χ0v) is 14.1. The first-order valence-electron chi connectivity index (χ1n) is 7.95. The van der Waals surface area contributed by atoms with Gasteiger partial charge in [-0.2, -0.15) is 0 Å². The molecule has 1 saturated carbocycles. The predicted octanol–water partition coefficient (Wildman–Crippen LogP) is 3.18. The summed E-state index contributed by atoms with van der Waals surface area (Å²) in [5.41, 5.74) is 0.688. The van der Waals surface area contributed by atoms with Crippen molar-refractivity contribution in [3.05, 3.63) is 53.8 Å². The van der Waals surface area contributed by atoms with Crippen LogP contribution in [0.1, 0.15) is 35.5 Å². The van der Waals surface area contributed by atoms with Crippen LogP contribution in [0.5, 0.6) is 0 Å². The molecule has 1 N–H and O–H groups in total. The van der Waals surface area contributed by atoms with Crippen molar-refractivity contribution in [2.24, 2.45) is 0 Å². The van der Waals surface area contributed by atoms with Crippen LogP contribution < -0.4 is 5.32 Å². The molecular weight excluding hydrogens is 343 g/mol. The van der Waals surface area contributed by atoms with E-state index in [1.165, 1.54) is 17.6 Å². The molecule has 0 spiro atoms. The number of amides is 1. The van der Waals surface area contributed by atoms with E-state index in [0.29, 0.717) is 11.4 Å². The summed E-state index contributed by atoms with van der Waals surface area (Å²) in [7, 11) is 0. The number of nitrogens with one attached hydrogen (secondary N) is 1. The average Bonchev–Trinajstić information content (AvgIpc) is 3.25. The van der Waals surface area contributed by atoms with Gasteiger partial charge in [-0.3, -0.25) is 4.79 Å². The van der Waals surface area contributed by atoms with E-state index in [4.69, 9.17) is 4.42 Å². The van der Waals surface area contributed by atoms with Crippen LogP contribution in [-0.2, 0) is 5.41 Å². The second-order valence-corrected chi connectivity index (χ2v) is 6.95. The standard InChI is InChI=1S/C17H15FN4O2S/c18-12-4-1-3-11(9-12)17(6-2-7-17)10-19-14(23)16-22-21-15(24-16)13-5-8-20-25-13/h1,3-5,8-9H,2,6-7,10H2,(H,19,23). The normalized spacial score (nSPS) is 15.6. The van der Waals surface area contributed by atoms with Crippen LogP contribution in [0.3, 0.4) is 0 Å². The van der Waals surface area contributed by atoms with Gasteiger partial charge in [0.25, 0.3) is 5.89 Å². The lowest BCUT2D eigenvalue weighted by Gasteiger charge is -2.42. The van der Waals surface area contributed by atoms with Crippen LogP contribution in [0, 0.1) is 5.82 Å². The highest BCUT2D eigenvalue weighted by atomic mass is 32.1. The van der Waals surface area contributed by atoms with Crippen molar-refractivity contribution in [2.45, 2.75) is 24.7 Å². The molecule has 2 heterocycles. The molecular formula is C17H15FN4O2S. The highest BCUT2D eigenvalue weighted by molar-refractivity contribution is 7.09. The molecule has 1 fully saturated rings. The van der Waals surface area contributed by atoms with Crippen molar-refractivity contribution in [3.63, 3.8) is 0 Å². The SMILES string of the molecule is O=C(NCC1(c2cccc(F)c2)CCC1)c1nnc(-c2ccns2)o1. The summed E-state index contributed by atoms with van der Waals surface area (Å²) in [6, 6.07) is 8.32. The second kappa shape index (κ2) is 6.36. The van der Waals surface area contributed by atoms with Gasteiger partial charge < -0.3 is 9.73 Å². The highest BCUT2D eigenvalue weighted by Gasteiger charge is 2.39. The Kier molecular flexibility index (Phi) is 4.04. The van der Waals surface area contributed by atoms with Crippen molar-refractivity contribution in [1.29, 1.82) is 0 Å². The van der Waals surface area contributed by atoms with Crippen molar-refractivity contribution in [3.8, 4) is 10.8 Å². The molecule has 1 aliphatic rings. The van der Waals surface area contributed by atoms with E-state index >= 15 is 0 Å². The molecule has 6 nitrogen and oxygen atoms in total. The van der Waals surface area contributed by atoms with Gasteiger partial charge in [-0.25, -0.2) is 8.76 Å². The lowest BCUT2D eigenvalue weighted by atomic mass is 9.64. The molecule has 0 saturated heterocycles. The molecule has 4 rings (SSSR count). The lowest BCUT2D eigenvalue weighted by Crippen LogP contribution is -2.45. The van der Waals surface area contributed by atoms with Crippen molar-refractivity contribution >= 4 is 17.4 Å². The number of benzene rings is 1. The maximum Gasteiger partial charge on any atom is 0.308 e. The zero-order chi connectivity index (χ0) is 17.3. The maximum absolute atomic E-state index is 13.5. The molecule has 0 bridgehead atoms. The van der Waals surface area contributed by atoms with Crippen molar-refractivity contribution < 1.29 is 13.6 Å². The summed E-state index contributed by atoms with van der Waals surface area (Å²) in [5, 5.41) is 10.5. The van der Waals surface area contributed by atoms with Gasteiger partial charge in [0.05, 0.1) is 0 Å². The molecule has 0 aliphatic heterocycles. The van der Waals surface area contributed by atoms with Gasteiger partial charge in [-0.15, -0.1) is 10.2 Å². The minimum atomic E-state index is -0.425. The predicted molar refractivity (Wildman–Crippen MR) is 89.7 cm³/mol. The smallest absolute Gasteiger partial charge is 0.308 e. The van der Waals surface area contributed by atoms with Crippen LogP contribution in [0.4, 0.5) is 4.39 Å². The van der Waals surface area contributed by atoms with Crippen LogP contribution in [-0.4, -0.2) is 27.0 Å². The van der Waals surface area contributed by atoms with Crippen LogP contribution in [0.25, 0.3) is 10.8 Å². The molecule has 1 aliphatic carbocycles. The van der Waals surface area contributed by atoms with Crippen LogP contribution in [0.15, 0.2) is 40.9 Å². The lowest BCUT2D eigenvalue weighted by molar-refractivity contribution is 0.0893. The van der Waals surface area contributed by atoms with Crippen molar-refractivity contribution in [2.75, 3.05) is 6.54 Å². The highest BCUT2D eigenvalue weighted by Crippen LogP contribution is 2.43. The summed E-state index contributed by atoms with van der Waals surface area (Å²) >= 11 is 1.22. The van der Waals surface area contributed by atoms with Gasteiger partial charge in [0.1, 0.15) is 10.7 Å². The number of aromatic nitrogens is 3. The van der Waals surface area contributed by atoms with Gasteiger partial charge in [-0.05, 0) is 48.1 Å². The molecule has 128 valence electrons. The Balaban J connectivity index is 1.46. The van der Waals surface area contributed by atoms with E-state index in [1.807, 2.05) is 6.07 Å².